The maximum absolute atomic E-state index is 13.2. The monoisotopic (exact) mass is 235 g/mol. The van der Waals surface area contributed by atoms with Gasteiger partial charge in [0, 0.05) is 15.8 Å². The largest absolute Gasteiger partial charge is 0.324 e. The van der Waals surface area contributed by atoms with Gasteiger partial charge < -0.3 is 5.73 Å². The highest BCUT2D eigenvalue weighted by Crippen LogP contribution is 2.32. The van der Waals surface area contributed by atoms with Crippen LogP contribution in [0.2, 0.25) is 0 Å². The SMILES string of the molecule is Cc1ccc(F)cc1-c1ccc(C(C)N)s1. The van der Waals surface area contributed by atoms with Crippen LogP contribution in [-0.4, -0.2) is 0 Å². The number of thiophene rings is 1. The molecular formula is C13H14FNS. The molecule has 1 nitrogen and oxygen atoms in total. The molecule has 84 valence electrons. The van der Waals surface area contributed by atoms with Gasteiger partial charge in [0.2, 0.25) is 0 Å². The van der Waals surface area contributed by atoms with Crippen molar-refractivity contribution in [2.24, 2.45) is 5.73 Å². The van der Waals surface area contributed by atoms with Crippen molar-refractivity contribution < 1.29 is 4.39 Å². The van der Waals surface area contributed by atoms with Crippen LogP contribution < -0.4 is 5.73 Å². The van der Waals surface area contributed by atoms with E-state index in [2.05, 4.69) is 0 Å². The smallest absolute Gasteiger partial charge is 0.123 e. The number of benzene rings is 1. The van der Waals surface area contributed by atoms with Gasteiger partial charge in [-0.1, -0.05) is 6.07 Å². The lowest BCUT2D eigenvalue weighted by atomic mass is 10.1. The fourth-order valence-electron chi connectivity index (χ4n) is 1.60. The van der Waals surface area contributed by atoms with E-state index in [-0.39, 0.29) is 11.9 Å². The molecule has 0 saturated carbocycles. The van der Waals surface area contributed by atoms with E-state index in [4.69, 9.17) is 5.73 Å². The van der Waals surface area contributed by atoms with Crippen LogP contribution in [0.15, 0.2) is 30.3 Å². The van der Waals surface area contributed by atoms with Crippen LogP contribution in [0.4, 0.5) is 4.39 Å². The molecule has 0 aliphatic carbocycles. The molecular weight excluding hydrogens is 221 g/mol. The summed E-state index contributed by atoms with van der Waals surface area (Å²) in [6.07, 6.45) is 0. The van der Waals surface area contributed by atoms with Crippen LogP contribution in [-0.2, 0) is 0 Å². The maximum atomic E-state index is 13.2. The minimum absolute atomic E-state index is 0.0348. The highest BCUT2D eigenvalue weighted by atomic mass is 32.1. The summed E-state index contributed by atoms with van der Waals surface area (Å²) in [6.45, 7) is 3.94. The summed E-state index contributed by atoms with van der Waals surface area (Å²) >= 11 is 1.63. The number of hydrogen-bond acceptors (Lipinski definition) is 2. The van der Waals surface area contributed by atoms with Crippen molar-refractivity contribution in [3.63, 3.8) is 0 Å². The van der Waals surface area contributed by atoms with Crippen molar-refractivity contribution in [2.75, 3.05) is 0 Å². The molecule has 1 unspecified atom stereocenters. The molecule has 0 spiro atoms. The fraction of sp³-hybridized carbons (Fsp3) is 0.231. The van der Waals surface area contributed by atoms with Crippen LogP contribution in [0.5, 0.6) is 0 Å². The summed E-state index contributed by atoms with van der Waals surface area (Å²) in [6, 6.07) is 8.91. The summed E-state index contributed by atoms with van der Waals surface area (Å²) in [5, 5.41) is 0. The molecule has 0 aliphatic heterocycles. The van der Waals surface area contributed by atoms with Crippen LogP contribution in [0.3, 0.4) is 0 Å². The quantitative estimate of drug-likeness (QED) is 0.839. The van der Waals surface area contributed by atoms with Gasteiger partial charge >= 0.3 is 0 Å². The standard InChI is InChI=1S/C13H14FNS/c1-8-3-4-10(14)7-11(8)13-6-5-12(16-13)9(2)15/h3-7,9H,15H2,1-2H3. The van der Waals surface area contributed by atoms with Crippen LogP contribution in [0.1, 0.15) is 23.4 Å². The molecule has 0 amide bonds. The fourth-order valence-corrected chi connectivity index (χ4v) is 2.64. The van der Waals surface area contributed by atoms with Gasteiger partial charge in [-0.25, -0.2) is 4.39 Å². The van der Waals surface area contributed by atoms with Crippen LogP contribution in [0, 0.1) is 12.7 Å². The van der Waals surface area contributed by atoms with Gasteiger partial charge in [0.25, 0.3) is 0 Å². The van der Waals surface area contributed by atoms with E-state index in [0.29, 0.717) is 0 Å². The topological polar surface area (TPSA) is 26.0 Å². The predicted octanol–water partition coefficient (Wildman–Crippen LogP) is 3.88. The summed E-state index contributed by atoms with van der Waals surface area (Å²) in [5.41, 5.74) is 7.85. The molecule has 2 rings (SSSR count). The lowest BCUT2D eigenvalue weighted by molar-refractivity contribution is 0.628. The first kappa shape index (κ1) is 11.3. The van der Waals surface area contributed by atoms with Crippen LogP contribution in [0.25, 0.3) is 10.4 Å². The average molecular weight is 235 g/mol. The van der Waals surface area contributed by atoms with Gasteiger partial charge in [0.15, 0.2) is 0 Å². The van der Waals surface area contributed by atoms with Crippen molar-refractivity contribution in [3.8, 4) is 10.4 Å². The number of nitrogens with two attached hydrogens (primary N) is 1. The van der Waals surface area contributed by atoms with Crippen molar-refractivity contribution >= 4 is 11.3 Å². The van der Waals surface area contributed by atoms with E-state index in [1.54, 1.807) is 23.5 Å². The normalized spacial score (nSPS) is 12.8. The van der Waals surface area contributed by atoms with E-state index in [1.807, 2.05) is 26.0 Å². The highest BCUT2D eigenvalue weighted by Gasteiger charge is 2.08. The van der Waals surface area contributed by atoms with Gasteiger partial charge in [-0.2, -0.15) is 0 Å². The molecule has 2 aromatic rings. The van der Waals surface area contributed by atoms with Crippen molar-refractivity contribution in [1.29, 1.82) is 0 Å². The minimum Gasteiger partial charge on any atom is -0.324 e. The molecule has 2 N–H and O–H groups in total. The zero-order valence-corrected chi connectivity index (χ0v) is 10.1. The van der Waals surface area contributed by atoms with E-state index in [1.165, 1.54) is 6.07 Å². The average Bonchev–Trinajstić information content (AvgIpc) is 2.70. The second-order valence-electron chi connectivity index (χ2n) is 3.95. The molecule has 1 aromatic heterocycles. The second-order valence-corrected chi connectivity index (χ2v) is 5.07. The molecule has 0 saturated heterocycles. The van der Waals surface area contributed by atoms with Crippen LogP contribution >= 0.6 is 11.3 Å². The number of rotatable bonds is 2. The third kappa shape index (κ3) is 2.15. The Hall–Kier alpha value is -1.19. The molecule has 0 fully saturated rings. The highest BCUT2D eigenvalue weighted by molar-refractivity contribution is 7.15. The first-order valence-corrected chi connectivity index (χ1v) is 6.01. The number of halogens is 1. The minimum atomic E-state index is -0.198. The van der Waals surface area contributed by atoms with E-state index in [0.717, 1.165) is 20.9 Å². The number of hydrogen-bond donors (Lipinski definition) is 1. The molecule has 16 heavy (non-hydrogen) atoms. The summed E-state index contributed by atoms with van der Waals surface area (Å²) in [4.78, 5) is 2.20. The Kier molecular flexibility index (Phi) is 3.08. The molecule has 0 bridgehead atoms. The lowest BCUT2D eigenvalue weighted by Crippen LogP contribution is -2.01. The van der Waals surface area contributed by atoms with E-state index in [9.17, 15) is 4.39 Å². The zero-order valence-electron chi connectivity index (χ0n) is 9.33. The Labute approximate surface area is 98.7 Å². The van der Waals surface area contributed by atoms with Crippen molar-refractivity contribution in [1.82, 2.24) is 0 Å². The predicted molar refractivity (Wildman–Crippen MR) is 67.1 cm³/mol. The molecule has 0 radical (unpaired) electrons. The van der Waals surface area contributed by atoms with Gasteiger partial charge in [-0.15, -0.1) is 11.3 Å². The Morgan fingerprint density at radius 2 is 2.00 bits per heavy atom. The number of aryl methyl sites for hydroxylation is 1. The molecule has 1 atom stereocenters. The zero-order chi connectivity index (χ0) is 11.7. The molecule has 3 heteroatoms. The Balaban J connectivity index is 2.46. The molecule has 0 aliphatic rings. The Morgan fingerprint density at radius 3 is 2.62 bits per heavy atom. The summed E-state index contributed by atoms with van der Waals surface area (Å²) < 4.78 is 13.2. The second kappa shape index (κ2) is 4.36. The third-order valence-corrected chi connectivity index (χ3v) is 3.86. The van der Waals surface area contributed by atoms with Crippen molar-refractivity contribution in [3.05, 3.63) is 46.6 Å². The third-order valence-electron chi connectivity index (χ3n) is 2.54. The Bertz CT molecular complexity index is 502. The first-order chi connectivity index (χ1) is 7.58. The van der Waals surface area contributed by atoms with Gasteiger partial charge in [0.1, 0.15) is 5.82 Å². The van der Waals surface area contributed by atoms with Gasteiger partial charge in [-0.05, 0) is 49.2 Å². The van der Waals surface area contributed by atoms with Gasteiger partial charge in [-0.3, -0.25) is 0 Å². The summed E-state index contributed by atoms with van der Waals surface area (Å²) in [5.74, 6) is -0.198. The summed E-state index contributed by atoms with van der Waals surface area (Å²) in [7, 11) is 0. The van der Waals surface area contributed by atoms with E-state index < -0.39 is 0 Å². The lowest BCUT2D eigenvalue weighted by Gasteiger charge is -2.03. The Morgan fingerprint density at radius 1 is 1.25 bits per heavy atom. The van der Waals surface area contributed by atoms with E-state index >= 15 is 0 Å². The molecule has 1 aromatic carbocycles. The maximum Gasteiger partial charge on any atom is 0.123 e. The first-order valence-electron chi connectivity index (χ1n) is 5.20. The molecule has 1 heterocycles. The van der Waals surface area contributed by atoms with Crippen molar-refractivity contribution in [2.45, 2.75) is 19.9 Å². The van der Waals surface area contributed by atoms with Gasteiger partial charge in [0.05, 0.1) is 0 Å².